The van der Waals surface area contributed by atoms with Crippen molar-refractivity contribution in [3.8, 4) is 0 Å². The van der Waals surface area contributed by atoms with E-state index in [0.717, 1.165) is 25.7 Å². The van der Waals surface area contributed by atoms with Crippen LogP contribution >= 0.6 is 11.6 Å². The molecule has 88 valence electrons. The molecule has 1 aliphatic carbocycles. The molecule has 0 aromatic carbocycles. The summed E-state index contributed by atoms with van der Waals surface area (Å²) in [6.07, 6.45) is 3.83. The summed E-state index contributed by atoms with van der Waals surface area (Å²) >= 11 is 5.76. The molecule has 0 spiro atoms. The van der Waals surface area contributed by atoms with Gasteiger partial charge in [-0.2, -0.15) is 0 Å². The SMILES string of the molecule is CCOC(=O)C1(CC(C)(C)CCCl)CC1. The second kappa shape index (κ2) is 4.73. The molecule has 3 heteroatoms. The molecule has 1 fully saturated rings. The van der Waals surface area contributed by atoms with Crippen molar-refractivity contribution in [2.24, 2.45) is 10.8 Å². The molecule has 0 saturated heterocycles. The molecule has 15 heavy (non-hydrogen) atoms. The van der Waals surface area contributed by atoms with E-state index in [9.17, 15) is 4.79 Å². The number of ether oxygens (including phenoxy) is 1. The van der Waals surface area contributed by atoms with Gasteiger partial charge in [-0.1, -0.05) is 13.8 Å². The largest absolute Gasteiger partial charge is 0.466 e. The minimum atomic E-state index is -0.175. The maximum Gasteiger partial charge on any atom is 0.312 e. The van der Waals surface area contributed by atoms with Gasteiger partial charge in [0, 0.05) is 5.88 Å². The highest BCUT2D eigenvalue weighted by Gasteiger charge is 2.53. The van der Waals surface area contributed by atoms with Crippen LogP contribution in [-0.4, -0.2) is 18.5 Å². The third kappa shape index (κ3) is 3.37. The first-order chi connectivity index (χ1) is 6.96. The molecular weight excluding hydrogens is 212 g/mol. The van der Waals surface area contributed by atoms with E-state index in [-0.39, 0.29) is 16.8 Å². The number of hydrogen-bond donors (Lipinski definition) is 0. The summed E-state index contributed by atoms with van der Waals surface area (Å²) in [5.41, 5.74) is -0.0312. The van der Waals surface area contributed by atoms with E-state index in [1.165, 1.54) is 0 Å². The molecule has 0 aromatic rings. The number of hydrogen-bond acceptors (Lipinski definition) is 2. The highest BCUT2D eigenvalue weighted by molar-refractivity contribution is 6.17. The van der Waals surface area contributed by atoms with Gasteiger partial charge in [0.15, 0.2) is 0 Å². The Morgan fingerprint density at radius 2 is 2.07 bits per heavy atom. The van der Waals surface area contributed by atoms with Gasteiger partial charge in [0.05, 0.1) is 12.0 Å². The van der Waals surface area contributed by atoms with Crippen LogP contribution < -0.4 is 0 Å². The zero-order valence-corrected chi connectivity index (χ0v) is 10.7. The topological polar surface area (TPSA) is 26.3 Å². The van der Waals surface area contributed by atoms with Gasteiger partial charge in [-0.15, -0.1) is 11.6 Å². The van der Waals surface area contributed by atoms with Crippen LogP contribution in [0.2, 0.25) is 0 Å². The lowest BCUT2D eigenvalue weighted by Crippen LogP contribution is -2.26. The van der Waals surface area contributed by atoms with Crippen molar-refractivity contribution in [1.82, 2.24) is 0 Å². The van der Waals surface area contributed by atoms with Gasteiger partial charge in [-0.3, -0.25) is 4.79 Å². The molecule has 0 N–H and O–H groups in total. The Hall–Kier alpha value is -0.240. The monoisotopic (exact) mass is 232 g/mol. The van der Waals surface area contributed by atoms with E-state index in [0.29, 0.717) is 12.5 Å². The van der Waals surface area contributed by atoms with Crippen molar-refractivity contribution < 1.29 is 9.53 Å². The fourth-order valence-corrected chi connectivity index (χ4v) is 2.66. The van der Waals surface area contributed by atoms with Gasteiger partial charge in [-0.05, 0) is 38.0 Å². The molecule has 1 aliphatic rings. The first-order valence-corrected chi connectivity index (χ1v) is 6.22. The molecule has 1 saturated carbocycles. The lowest BCUT2D eigenvalue weighted by atomic mass is 9.79. The molecule has 1 rings (SSSR count). The zero-order chi connectivity index (χ0) is 11.5. The number of halogens is 1. The van der Waals surface area contributed by atoms with Crippen LogP contribution in [0.15, 0.2) is 0 Å². The molecule has 0 unspecified atom stereocenters. The van der Waals surface area contributed by atoms with Crippen molar-refractivity contribution >= 4 is 17.6 Å². The average molecular weight is 233 g/mol. The van der Waals surface area contributed by atoms with E-state index >= 15 is 0 Å². The van der Waals surface area contributed by atoms with Gasteiger partial charge in [-0.25, -0.2) is 0 Å². The Bertz CT molecular complexity index is 232. The van der Waals surface area contributed by atoms with E-state index in [1.807, 2.05) is 6.92 Å². The number of carbonyl (C=O) groups excluding carboxylic acids is 1. The summed E-state index contributed by atoms with van der Waals surface area (Å²) in [6, 6.07) is 0. The van der Waals surface area contributed by atoms with Gasteiger partial charge in [0.25, 0.3) is 0 Å². The first-order valence-electron chi connectivity index (χ1n) is 5.69. The second-order valence-electron chi connectivity index (χ2n) is 5.28. The molecule has 0 bridgehead atoms. The third-order valence-corrected chi connectivity index (χ3v) is 3.34. The van der Waals surface area contributed by atoms with Crippen molar-refractivity contribution in [2.75, 3.05) is 12.5 Å². The molecule has 0 aromatic heterocycles. The minimum Gasteiger partial charge on any atom is -0.466 e. The molecule has 0 radical (unpaired) electrons. The highest BCUT2D eigenvalue weighted by atomic mass is 35.5. The van der Waals surface area contributed by atoms with Gasteiger partial charge in [0.2, 0.25) is 0 Å². The molecule has 0 amide bonds. The van der Waals surface area contributed by atoms with Gasteiger partial charge < -0.3 is 4.74 Å². The van der Waals surface area contributed by atoms with E-state index < -0.39 is 0 Å². The van der Waals surface area contributed by atoms with E-state index in [4.69, 9.17) is 16.3 Å². The van der Waals surface area contributed by atoms with Crippen LogP contribution in [0.25, 0.3) is 0 Å². The maximum atomic E-state index is 11.8. The summed E-state index contributed by atoms with van der Waals surface area (Å²) in [7, 11) is 0. The summed E-state index contributed by atoms with van der Waals surface area (Å²) in [5.74, 6) is 0.652. The van der Waals surface area contributed by atoms with Crippen LogP contribution in [0.3, 0.4) is 0 Å². The van der Waals surface area contributed by atoms with Crippen LogP contribution in [0, 0.1) is 10.8 Å². The summed E-state index contributed by atoms with van der Waals surface area (Å²) < 4.78 is 5.12. The summed E-state index contributed by atoms with van der Waals surface area (Å²) in [4.78, 5) is 11.8. The Kier molecular flexibility index (Phi) is 4.05. The summed E-state index contributed by atoms with van der Waals surface area (Å²) in [5, 5.41) is 0. The quantitative estimate of drug-likeness (QED) is 0.519. The number of alkyl halides is 1. The van der Waals surface area contributed by atoms with Crippen molar-refractivity contribution in [3.05, 3.63) is 0 Å². The van der Waals surface area contributed by atoms with Crippen LogP contribution in [0.4, 0.5) is 0 Å². The third-order valence-electron chi connectivity index (χ3n) is 3.15. The first kappa shape index (κ1) is 12.8. The Morgan fingerprint density at radius 3 is 2.47 bits per heavy atom. The smallest absolute Gasteiger partial charge is 0.312 e. The average Bonchev–Trinajstić information content (AvgIpc) is 2.85. The van der Waals surface area contributed by atoms with Crippen LogP contribution in [0.5, 0.6) is 0 Å². The van der Waals surface area contributed by atoms with Crippen LogP contribution in [0.1, 0.15) is 46.5 Å². The molecule has 0 atom stereocenters. The lowest BCUT2D eigenvalue weighted by Gasteiger charge is -2.28. The zero-order valence-electron chi connectivity index (χ0n) is 9.94. The minimum absolute atomic E-state index is 0.00681. The number of carbonyl (C=O) groups is 1. The second-order valence-corrected chi connectivity index (χ2v) is 5.66. The molecule has 0 heterocycles. The van der Waals surface area contributed by atoms with Crippen LogP contribution in [-0.2, 0) is 9.53 Å². The molecule has 0 aliphatic heterocycles. The van der Waals surface area contributed by atoms with Gasteiger partial charge >= 0.3 is 5.97 Å². The van der Waals surface area contributed by atoms with E-state index in [2.05, 4.69) is 13.8 Å². The van der Waals surface area contributed by atoms with E-state index in [1.54, 1.807) is 0 Å². The summed E-state index contributed by atoms with van der Waals surface area (Å²) in [6.45, 7) is 6.69. The number of esters is 1. The Morgan fingerprint density at radius 1 is 1.47 bits per heavy atom. The van der Waals surface area contributed by atoms with Gasteiger partial charge in [0.1, 0.15) is 0 Å². The molecule has 2 nitrogen and oxygen atoms in total. The van der Waals surface area contributed by atoms with Crippen molar-refractivity contribution in [3.63, 3.8) is 0 Å². The predicted octanol–water partition coefficient (Wildman–Crippen LogP) is 3.37. The fraction of sp³-hybridized carbons (Fsp3) is 0.917. The standard InChI is InChI=1S/C12H21ClO2/c1-4-15-10(14)12(5-6-12)9-11(2,3)7-8-13/h4-9H2,1-3H3. The van der Waals surface area contributed by atoms with Crippen molar-refractivity contribution in [1.29, 1.82) is 0 Å². The number of rotatable bonds is 6. The van der Waals surface area contributed by atoms with Crippen molar-refractivity contribution in [2.45, 2.75) is 46.5 Å². The highest BCUT2D eigenvalue weighted by Crippen LogP contribution is 2.54. The molecular formula is C12H21ClO2. The Balaban J connectivity index is 2.53. The predicted molar refractivity (Wildman–Crippen MR) is 62.0 cm³/mol. The maximum absolute atomic E-state index is 11.8. The normalized spacial score (nSPS) is 18.7. The lowest BCUT2D eigenvalue weighted by molar-refractivity contribution is -0.151. The fourth-order valence-electron chi connectivity index (χ4n) is 2.15. The Labute approximate surface area is 97.3 Å².